The maximum absolute atomic E-state index is 12.2. The molecule has 0 spiro atoms. The van der Waals surface area contributed by atoms with Crippen LogP contribution in [0.3, 0.4) is 0 Å². The van der Waals surface area contributed by atoms with Crippen molar-refractivity contribution < 1.29 is 4.79 Å². The van der Waals surface area contributed by atoms with E-state index in [0.717, 1.165) is 32.2 Å². The molecule has 2 unspecified atom stereocenters. The van der Waals surface area contributed by atoms with Gasteiger partial charge in [-0.25, -0.2) is 0 Å². The van der Waals surface area contributed by atoms with E-state index in [1.165, 1.54) is 0 Å². The van der Waals surface area contributed by atoms with Crippen molar-refractivity contribution in [2.24, 2.45) is 11.3 Å². The average molecular weight is 206 g/mol. The number of nitriles is 1. The molecule has 0 aromatic rings. The standard InChI is InChI=1S/C12H18N2O/c1-9-6-10(2)14(7-9)11(15)12(8-13)4-3-5-12/h9-10H,3-7H2,1-2H3. The van der Waals surface area contributed by atoms with Crippen molar-refractivity contribution >= 4 is 5.91 Å². The first kappa shape index (κ1) is 10.5. The van der Waals surface area contributed by atoms with Crippen LogP contribution in [0, 0.1) is 22.7 Å². The van der Waals surface area contributed by atoms with Crippen molar-refractivity contribution in [3.63, 3.8) is 0 Å². The summed E-state index contributed by atoms with van der Waals surface area (Å²) in [7, 11) is 0. The van der Waals surface area contributed by atoms with Crippen molar-refractivity contribution in [2.75, 3.05) is 6.54 Å². The zero-order chi connectivity index (χ0) is 11.1. The van der Waals surface area contributed by atoms with Gasteiger partial charge >= 0.3 is 0 Å². The summed E-state index contributed by atoms with van der Waals surface area (Å²) in [5, 5.41) is 9.12. The van der Waals surface area contributed by atoms with Crippen LogP contribution >= 0.6 is 0 Å². The fourth-order valence-corrected chi connectivity index (χ4v) is 2.76. The van der Waals surface area contributed by atoms with Gasteiger partial charge in [0.2, 0.25) is 5.91 Å². The molecule has 0 bridgehead atoms. The molecule has 1 aliphatic carbocycles. The van der Waals surface area contributed by atoms with Crippen molar-refractivity contribution in [3.8, 4) is 6.07 Å². The van der Waals surface area contributed by atoms with Crippen molar-refractivity contribution in [1.29, 1.82) is 5.26 Å². The van der Waals surface area contributed by atoms with E-state index in [1.807, 2.05) is 4.90 Å². The lowest BCUT2D eigenvalue weighted by atomic mass is 9.69. The van der Waals surface area contributed by atoms with E-state index in [9.17, 15) is 4.79 Å². The lowest BCUT2D eigenvalue weighted by Gasteiger charge is -2.38. The topological polar surface area (TPSA) is 44.1 Å². The van der Waals surface area contributed by atoms with Crippen LogP contribution in [0.2, 0.25) is 0 Å². The Labute approximate surface area is 91.1 Å². The molecular weight excluding hydrogens is 188 g/mol. The molecule has 0 aromatic carbocycles. The van der Waals surface area contributed by atoms with E-state index < -0.39 is 5.41 Å². The lowest BCUT2D eigenvalue weighted by molar-refractivity contribution is -0.143. The highest BCUT2D eigenvalue weighted by Gasteiger charge is 2.48. The summed E-state index contributed by atoms with van der Waals surface area (Å²) in [5.74, 6) is 0.674. The van der Waals surface area contributed by atoms with E-state index in [0.29, 0.717) is 12.0 Å². The zero-order valence-corrected chi connectivity index (χ0v) is 9.49. The highest BCUT2D eigenvalue weighted by Crippen LogP contribution is 2.43. The summed E-state index contributed by atoms with van der Waals surface area (Å²) < 4.78 is 0. The van der Waals surface area contributed by atoms with Crippen LogP contribution in [0.15, 0.2) is 0 Å². The average Bonchev–Trinajstić information content (AvgIpc) is 2.44. The smallest absolute Gasteiger partial charge is 0.243 e. The minimum Gasteiger partial charge on any atom is -0.338 e. The van der Waals surface area contributed by atoms with E-state index in [4.69, 9.17) is 5.26 Å². The van der Waals surface area contributed by atoms with E-state index >= 15 is 0 Å². The molecule has 1 saturated heterocycles. The number of nitrogens with zero attached hydrogens (tertiary/aromatic N) is 2. The predicted octanol–water partition coefficient (Wildman–Crippen LogP) is 1.94. The number of rotatable bonds is 1. The van der Waals surface area contributed by atoms with Crippen LogP contribution in [-0.2, 0) is 4.79 Å². The monoisotopic (exact) mass is 206 g/mol. The molecule has 0 N–H and O–H groups in total. The minimum absolute atomic E-state index is 0.0908. The van der Waals surface area contributed by atoms with Gasteiger partial charge in [0.1, 0.15) is 5.41 Å². The Morgan fingerprint density at radius 3 is 2.47 bits per heavy atom. The molecule has 2 aliphatic rings. The third-order valence-electron chi connectivity index (χ3n) is 3.88. The van der Waals surface area contributed by atoms with Gasteiger partial charge in [0.15, 0.2) is 0 Å². The van der Waals surface area contributed by atoms with Crippen LogP contribution in [0.5, 0.6) is 0 Å². The zero-order valence-electron chi connectivity index (χ0n) is 9.49. The number of amides is 1. The summed E-state index contributed by atoms with van der Waals surface area (Å²) in [5.41, 5.74) is -0.654. The number of hydrogen-bond acceptors (Lipinski definition) is 2. The summed E-state index contributed by atoms with van der Waals surface area (Å²) in [4.78, 5) is 14.2. The maximum atomic E-state index is 12.2. The number of likely N-dealkylation sites (tertiary alicyclic amines) is 1. The minimum atomic E-state index is -0.654. The molecule has 1 saturated carbocycles. The van der Waals surface area contributed by atoms with Gasteiger partial charge in [0.05, 0.1) is 6.07 Å². The highest BCUT2D eigenvalue weighted by molar-refractivity contribution is 5.86. The van der Waals surface area contributed by atoms with Gasteiger partial charge in [0, 0.05) is 12.6 Å². The molecule has 2 atom stereocenters. The van der Waals surface area contributed by atoms with Crippen molar-refractivity contribution in [3.05, 3.63) is 0 Å². The second-order valence-electron chi connectivity index (χ2n) is 5.19. The van der Waals surface area contributed by atoms with E-state index in [2.05, 4.69) is 19.9 Å². The van der Waals surface area contributed by atoms with E-state index in [-0.39, 0.29) is 5.91 Å². The third-order valence-corrected chi connectivity index (χ3v) is 3.88. The molecule has 0 radical (unpaired) electrons. The first-order valence-corrected chi connectivity index (χ1v) is 5.81. The summed E-state index contributed by atoms with van der Waals surface area (Å²) in [6.45, 7) is 5.10. The Morgan fingerprint density at radius 2 is 2.13 bits per heavy atom. The molecule has 3 heteroatoms. The first-order valence-electron chi connectivity index (χ1n) is 5.81. The van der Waals surface area contributed by atoms with Crippen LogP contribution in [0.4, 0.5) is 0 Å². The first-order chi connectivity index (χ1) is 7.09. The summed E-state index contributed by atoms with van der Waals surface area (Å²) in [6, 6.07) is 2.55. The normalized spacial score (nSPS) is 33.3. The van der Waals surface area contributed by atoms with Gasteiger partial charge in [0.25, 0.3) is 0 Å². The van der Waals surface area contributed by atoms with E-state index in [1.54, 1.807) is 0 Å². The number of carbonyl (C=O) groups is 1. The maximum Gasteiger partial charge on any atom is 0.243 e. The second kappa shape index (κ2) is 3.52. The van der Waals surface area contributed by atoms with Gasteiger partial charge in [-0.05, 0) is 38.5 Å². The Hall–Kier alpha value is -1.04. The number of hydrogen-bond donors (Lipinski definition) is 0. The molecule has 2 rings (SSSR count). The van der Waals surface area contributed by atoms with Crippen molar-refractivity contribution in [2.45, 2.75) is 45.6 Å². The van der Waals surface area contributed by atoms with Crippen LogP contribution in [-0.4, -0.2) is 23.4 Å². The van der Waals surface area contributed by atoms with Gasteiger partial charge in [-0.15, -0.1) is 0 Å². The summed E-state index contributed by atoms with van der Waals surface area (Å²) >= 11 is 0. The highest BCUT2D eigenvalue weighted by atomic mass is 16.2. The fourth-order valence-electron chi connectivity index (χ4n) is 2.76. The molecule has 82 valence electrons. The lowest BCUT2D eigenvalue weighted by Crippen LogP contribution is -2.48. The van der Waals surface area contributed by atoms with Crippen LogP contribution in [0.25, 0.3) is 0 Å². The Balaban J connectivity index is 2.11. The SMILES string of the molecule is CC1CC(C)N(C(=O)C2(C#N)CCC2)C1. The molecule has 1 aliphatic heterocycles. The van der Waals surface area contributed by atoms with Gasteiger partial charge in [-0.2, -0.15) is 5.26 Å². The third kappa shape index (κ3) is 1.52. The van der Waals surface area contributed by atoms with Gasteiger partial charge in [-0.1, -0.05) is 6.92 Å². The van der Waals surface area contributed by atoms with Crippen molar-refractivity contribution in [1.82, 2.24) is 4.90 Å². The van der Waals surface area contributed by atoms with Gasteiger partial charge in [-0.3, -0.25) is 4.79 Å². The number of carbonyl (C=O) groups excluding carboxylic acids is 1. The molecule has 1 amide bonds. The molecule has 15 heavy (non-hydrogen) atoms. The fraction of sp³-hybridized carbons (Fsp3) is 0.833. The largest absolute Gasteiger partial charge is 0.338 e. The molecule has 2 fully saturated rings. The summed E-state index contributed by atoms with van der Waals surface area (Å²) in [6.07, 6.45) is 3.63. The van der Waals surface area contributed by atoms with Crippen LogP contribution < -0.4 is 0 Å². The second-order valence-corrected chi connectivity index (χ2v) is 5.19. The van der Waals surface area contributed by atoms with Crippen LogP contribution in [0.1, 0.15) is 39.5 Å². The Morgan fingerprint density at radius 1 is 1.47 bits per heavy atom. The quantitative estimate of drug-likeness (QED) is 0.658. The van der Waals surface area contributed by atoms with Gasteiger partial charge < -0.3 is 4.90 Å². The Bertz CT molecular complexity index is 314. The molecule has 3 nitrogen and oxygen atoms in total. The molecule has 0 aromatic heterocycles. The Kier molecular flexibility index (Phi) is 2.46. The molecular formula is C12H18N2O. The molecule has 1 heterocycles. The predicted molar refractivity (Wildman–Crippen MR) is 56.9 cm³/mol.